The smallest absolute Gasteiger partial charge is 0.339 e. The van der Waals surface area contributed by atoms with Crippen molar-refractivity contribution in [2.75, 3.05) is 0 Å². The van der Waals surface area contributed by atoms with Crippen molar-refractivity contribution < 1.29 is 23.8 Å². The van der Waals surface area contributed by atoms with Gasteiger partial charge in [-0.25, -0.2) is 9.18 Å². The highest BCUT2D eigenvalue weighted by Gasteiger charge is 2.48. The summed E-state index contributed by atoms with van der Waals surface area (Å²) >= 11 is 0. The summed E-state index contributed by atoms with van der Waals surface area (Å²) in [5, 5.41) is 9.00. The van der Waals surface area contributed by atoms with Gasteiger partial charge in [-0.2, -0.15) is 0 Å². The lowest BCUT2D eigenvalue weighted by atomic mass is 9.75. The van der Waals surface area contributed by atoms with Gasteiger partial charge in [0.2, 0.25) is 0 Å². The van der Waals surface area contributed by atoms with Crippen molar-refractivity contribution in [3.8, 4) is 0 Å². The van der Waals surface area contributed by atoms with Crippen molar-refractivity contribution in [2.24, 2.45) is 5.92 Å². The summed E-state index contributed by atoms with van der Waals surface area (Å²) in [5.74, 6) is -2.16. The fraction of sp³-hybridized carbons (Fsp3) is 0.429. The third kappa shape index (κ3) is 1.80. The highest BCUT2D eigenvalue weighted by molar-refractivity contribution is 5.94. The molecule has 1 spiro atoms. The van der Waals surface area contributed by atoms with E-state index in [-0.39, 0.29) is 11.5 Å². The predicted octanol–water partition coefficient (Wildman–Crippen LogP) is 2.47. The van der Waals surface area contributed by atoms with E-state index in [1.54, 1.807) is 6.07 Å². The molecule has 1 aliphatic carbocycles. The maximum atomic E-state index is 13.2. The Balaban J connectivity index is 1.93. The van der Waals surface area contributed by atoms with Gasteiger partial charge in [0.05, 0.1) is 11.5 Å². The number of ether oxygens (including phenoxy) is 1. The number of fused-ring (bicyclic) bond motifs is 2. The molecule has 100 valence electrons. The molecular weight excluding hydrogens is 251 g/mol. The van der Waals surface area contributed by atoms with Crippen molar-refractivity contribution in [3.63, 3.8) is 0 Å². The van der Waals surface area contributed by atoms with Crippen LogP contribution >= 0.6 is 0 Å². The summed E-state index contributed by atoms with van der Waals surface area (Å²) < 4.78 is 18.6. The molecule has 1 aromatic rings. The van der Waals surface area contributed by atoms with Gasteiger partial charge in [-0.05, 0) is 37.8 Å². The van der Waals surface area contributed by atoms with Gasteiger partial charge in [0.1, 0.15) is 11.4 Å². The van der Waals surface area contributed by atoms with Crippen LogP contribution in [-0.4, -0.2) is 17.0 Å². The Kier molecular flexibility index (Phi) is 2.59. The van der Waals surface area contributed by atoms with E-state index in [1.165, 1.54) is 12.1 Å². The molecule has 1 aliphatic heterocycles. The Morgan fingerprint density at radius 1 is 1.37 bits per heavy atom. The van der Waals surface area contributed by atoms with Crippen LogP contribution in [0.15, 0.2) is 18.2 Å². The van der Waals surface area contributed by atoms with Crippen LogP contribution in [0.1, 0.15) is 41.6 Å². The number of carbonyl (C=O) groups excluding carboxylic acids is 1. The summed E-state index contributed by atoms with van der Waals surface area (Å²) in [7, 11) is 0. The third-order valence-electron chi connectivity index (χ3n) is 4.12. The van der Waals surface area contributed by atoms with E-state index < -0.39 is 23.4 Å². The number of carboxylic acids is 1. The lowest BCUT2D eigenvalue weighted by Crippen LogP contribution is -2.34. The van der Waals surface area contributed by atoms with E-state index >= 15 is 0 Å². The molecule has 1 N–H and O–H groups in total. The van der Waals surface area contributed by atoms with Crippen molar-refractivity contribution >= 4 is 11.9 Å². The van der Waals surface area contributed by atoms with Crippen LogP contribution in [0, 0.1) is 11.7 Å². The second kappa shape index (κ2) is 4.05. The van der Waals surface area contributed by atoms with Crippen molar-refractivity contribution in [1.82, 2.24) is 0 Å². The van der Waals surface area contributed by atoms with E-state index in [9.17, 15) is 14.0 Å². The van der Waals surface area contributed by atoms with Gasteiger partial charge in [-0.15, -0.1) is 0 Å². The number of benzene rings is 1. The lowest BCUT2D eigenvalue weighted by molar-refractivity contribution is -0.144. The first-order chi connectivity index (χ1) is 9.02. The van der Waals surface area contributed by atoms with E-state index in [4.69, 9.17) is 9.84 Å². The summed E-state index contributed by atoms with van der Waals surface area (Å²) in [6, 6.07) is 4.08. The number of carbonyl (C=O) groups is 2. The van der Waals surface area contributed by atoms with Crippen LogP contribution in [-0.2, 0) is 15.1 Å². The maximum Gasteiger partial charge on any atom is 0.339 e. The number of hydrogen-bond acceptors (Lipinski definition) is 3. The lowest BCUT2D eigenvalue weighted by Gasteiger charge is -2.35. The second-order valence-corrected chi connectivity index (χ2v) is 5.19. The van der Waals surface area contributed by atoms with Gasteiger partial charge in [-0.1, -0.05) is 6.07 Å². The largest absolute Gasteiger partial charge is 0.481 e. The highest BCUT2D eigenvalue weighted by atomic mass is 19.1. The topological polar surface area (TPSA) is 63.6 Å². The fourth-order valence-electron chi connectivity index (χ4n) is 3.07. The van der Waals surface area contributed by atoms with Gasteiger partial charge >= 0.3 is 11.9 Å². The molecule has 0 amide bonds. The van der Waals surface area contributed by atoms with E-state index in [0.717, 1.165) is 0 Å². The maximum absolute atomic E-state index is 13.2. The number of aliphatic carboxylic acids is 1. The van der Waals surface area contributed by atoms with Crippen LogP contribution in [0.4, 0.5) is 4.39 Å². The number of esters is 1. The zero-order valence-electron chi connectivity index (χ0n) is 10.2. The Morgan fingerprint density at radius 3 is 2.68 bits per heavy atom. The SMILES string of the molecule is O=C1OC2(CCC(C(=O)O)CC2)c2ccc(F)cc21. The molecule has 4 nitrogen and oxygen atoms in total. The fourth-order valence-corrected chi connectivity index (χ4v) is 3.07. The van der Waals surface area contributed by atoms with Crippen LogP contribution in [0.25, 0.3) is 0 Å². The van der Waals surface area contributed by atoms with E-state index in [2.05, 4.69) is 0 Å². The van der Waals surface area contributed by atoms with Gasteiger partial charge < -0.3 is 9.84 Å². The molecule has 0 aromatic heterocycles. The monoisotopic (exact) mass is 264 g/mol. The third-order valence-corrected chi connectivity index (χ3v) is 4.12. The average molecular weight is 264 g/mol. The minimum absolute atomic E-state index is 0.272. The van der Waals surface area contributed by atoms with Crippen molar-refractivity contribution in [1.29, 1.82) is 0 Å². The Bertz CT molecular complexity index is 559. The standard InChI is InChI=1S/C14H13FO4/c15-9-1-2-11-10(7-9)13(18)19-14(11)5-3-8(4-6-14)12(16)17/h1-2,7-8H,3-6H2,(H,16,17). The summed E-state index contributed by atoms with van der Waals surface area (Å²) in [6.45, 7) is 0. The quantitative estimate of drug-likeness (QED) is 0.791. The van der Waals surface area contributed by atoms with Crippen molar-refractivity contribution in [3.05, 3.63) is 35.1 Å². The molecule has 3 rings (SSSR count). The minimum atomic E-state index is -0.807. The number of hydrogen-bond donors (Lipinski definition) is 1. The Morgan fingerprint density at radius 2 is 2.05 bits per heavy atom. The first kappa shape index (κ1) is 12.1. The molecule has 5 heteroatoms. The second-order valence-electron chi connectivity index (χ2n) is 5.19. The molecule has 2 aliphatic rings. The summed E-state index contributed by atoms with van der Waals surface area (Å²) in [5.41, 5.74) is 0.225. The van der Waals surface area contributed by atoms with Crippen LogP contribution in [0.2, 0.25) is 0 Å². The minimum Gasteiger partial charge on any atom is -0.481 e. The Hall–Kier alpha value is -1.91. The molecule has 1 aromatic carbocycles. The van der Waals surface area contributed by atoms with E-state index in [0.29, 0.717) is 31.2 Å². The predicted molar refractivity (Wildman–Crippen MR) is 63.1 cm³/mol. The van der Waals surface area contributed by atoms with Gasteiger partial charge in [-0.3, -0.25) is 4.79 Å². The van der Waals surface area contributed by atoms with Gasteiger partial charge in [0.15, 0.2) is 0 Å². The first-order valence-electron chi connectivity index (χ1n) is 6.28. The van der Waals surface area contributed by atoms with Crippen LogP contribution in [0.5, 0.6) is 0 Å². The molecule has 1 saturated carbocycles. The molecule has 0 unspecified atom stereocenters. The summed E-state index contributed by atoms with van der Waals surface area (Å²) in [6.07, 6.45) is 1.90. The molecule has 0 saturated heterocycles. The molecular formula is C14H13FO4. The van der Waals surface area contributed by atoms with Crippen LogP contribution < -0.4 is 0 Å². The van der Waals surface area contributed by atoms with Crippen LogP contribution in [0.3, 0.4) is 0 Å². The average Bonchev–Trinajstić information content (AvgIpc) is 2.63. The van der Waals surface area contributed by atoms with Gasteiger partial charge in [0.25, 0.3) is 0 Å². The Labute approximate surface area is 109 Å². The normalized spacial score (nSPS) is 29.1. The number of carboxylic acid groups (broad SMARTS) is 1. The zero-order chi connectivity index (χ0) is 13.6. The van der Waals surface area contributed by atoms with Crippen molar-refractivity contribution in [2.45, 2.75) is 31.3 Å². The molecule has 1 heterocycles. The number of rotatable bonds is 1. The first-order valence-corrected chi connectivity index (χ1v) is 6.28. The molecule has 0 bridgehead atoms. The molecule has 0 radical (unpaired) electrons. The number of halogens is 1. The molecule has 19 heavy (non-hydrogen) atoms. The zero-order valence-corrected chi connectivity index (χ0v) is 10.2. The highest BCUT2D eigenvalue weighted by Crippen LogP contribution is 2.48. The molecule has 1 fully saturated rings. The molecule has 0 atom stereocenters. The van der Waals surface area contributed by atoms with E-state index in [1.807, 2.05) is 0 Å². The van der Waals surface area contributed by atoms with Gasteiger partial charge in [0, 0.05) is 5.56 Å². The summed E-state index contributed by atoms with van der Waals surface area (Å²) in [4.78, 5) is 22.8.